The van der Waals surface area contributed by atoms with Crippen molar-refractivity contribution in [3.05, 3.63) is 192 Å². The highest BCUT2D eigenvalue weighted by Gasteiger charge is 2.39. The lowest BCUT2D eigenvalue weighted by atomic mass is 9.77. The van der Waals surface area contributed by atoms with Crippen molar-refractivity contribution in [2.24, 2.45) is 0 Å². The minimum Gasteiger partial charge on any atom is -0.228 e. The molecule has 0 bridgehead atoms. The predicted molar refractivity (Wildman–Crippen MR) is 234 cm³/mol. The van der Waals surface area contributed by atoms with Crippen LogP contribution in [0.5, 0.6) is 0 Å². The molecular formula is C54H40N2. The van der Waals surface area contributed by atoms with Gasteiger partial charge in [-0.2, -0.15) is 0 Å². The molecule has 0 N–H and O–H groups in total. The number of hydrogen-bond acceptors (Lipinski definition) is 2. The lowest BCUT2D eigenvalue weighted by Gasteiger charge is -2.26. The van der Waals surface area contributed by atoms with Crippen molar-refractivity contribution in [1.29, 1.82) is 0 Å². The highest BCUT2D eigenvalue weighted by molar-refractivity contribution is 6.07. The summed E-state index contributed by atoms with van der Waals surface area (Å²) in [5, 5.41) is 5.01. The quantitative estimate of drug-likeness (QED) is 0.181. The van der Waals surface area contributed by atoms with E-state index in [4.69, 9.17) is 9.97 Å². The first kappa shape index (κ1) is 32.8. The molecule has 1 heterocycles. The van der Waals surface area contributed by atoms with Gasteiger partial charge in [-0.05, 0) is 89.3 Å². The van der Waals surface area contributed by atoms with Gasteiger partial charge in [0.2, 0.25) is 0 Å². The minimum absolute atomic E-state index is 0.0538. The molecule has 0 spiro atoms. The van der Waals surface area contributed by atoms with Crippen molar-refractivity contribution in [3.8, 4) is 67.3 Å². The lowest BCUT2D eigenvalue weighted by Crippen LogP contribution is -2.17. The lowest BCUT2D eigenvalue weighted by molar-refractivity contribution is 0.660. The van der Waals surface area contributed by atoms with Crippen LogP contribution in [0.3, 0.4) is 0 Å². The Morgan fingerprint density at radius 3 is 1.75 bits per heavy atom. The number of fused-ring (bicyclic) bond motifs is 9. The van der Waals surface area contributed by atoms with Crippen molar-refractivity contribution in [2.45, 2.75) is 38.5 Å². The molecule has 0 amide bonds. The topological polar surface area (TPSA) is 25.8 Å². The van der Waals surface area contributed by atoms with Gasteiger partial charge in [0.25, 0.3) is 0 Å². The second kappa shape index (κ2) is 11.9. The van der Waals surface area contributed by atoms with Crippen LogP contribution >= 0.6 is 0 Å². The summed E-state index contributed by atoms with van der Waals surface area (Å²) in [6, 6.07) is 62.0. The Bertz CT molecular complexity index is 3080. The molecule has 0 fully saturated rings. The van der Waals surface area contributed by atoms with Crippen LogP contribution < -0.4 is 0 Å². The second-order valence-corrected chi connectivity index (χ2v) is 16.5. The summed E-state index contributed by atoms with van der Waals surface area (Å²) in [4.78, 5) is 10.6. The van der Waals surface area contributed by atoms with Gasteiger partial charge in [0.1, 0.15) is 0 Å². The first-order chi connectivity index (χ1) is 27.3. The zero-order valence-electron chi connectivity index (χ0n) is 32.1. The van der Waals surface area contributed by atoms with Crippen LogP contribution in [0, 0.1) is 0 Å². The second-order valence-electron chi connectivity index (χ2n) is 16.5. The molecule has 266 valence electrons. The Balaban J connectivity index is 1.10. The SMILES string of the molecule is CC1(C)c2ccccc2-c2cc(-c3cc(-c4ccc(-c5cccc6c5C(C)(C)c5c-6ccc6ccccc56)c5ccccc45)nc(-c4ccccc4)n3)ccc21. The summed E-state index contributed by atoms with van der Waals surface area (Å²) in [6.07, 6.45) is 0. The highest BCUT2D eigenvalue weighted by Crippen LogP contribution is 2.55. The van der Waals surface area contributed by atoms with E-state index in [1.54, 1.807) is 0 Å². The maximum absolute atomic E-state index is 5.31. The number of nitrogens with zero attached hydrogens (tertiary/aromatic N) is 2. The first-order valence-corrected chi connectivity index (χ1v) is 19.7. The zero-order valence-corrected chi connectivity index (χ0v) is 32.1. The fraction of sp³-hybridized carbons (Fsp3) is 0.111. The van der Waals surface area contributed by atoms with Gasteiger partial charge in [-0.15, -0.1) is 0 Å². The summed E-state index contributed by atoms with van der Waals surface area (Å²) in [5.74, 6) is 0.722. The van der Waals surface area contributed by atoms with Gasteiger partial charge < -0.3 is 0 Å². The average molecular weight is 717 g/mol. The summed E-state index contributed by atoms with van der Waals surface area (Å²) in [6.45, 7) is 9.45. The van der Waals surface area contributed by atoms with Crippen molar-refractivity contribution >= 4 is 21.5 Å². The zero-order chi connectivity index (χ0) is 37.8. The van der Waals surface area contributed by atoms with E-state index in [-0.39, 0.29) is 10.8 Å². The molecular weight excluding hydrogens is 677 g/mol. The molecule has 1 aromatic heterocycles. The standard InChI is InChI=1S/C54H40N2/c1-53(2)46-24-13-12-21-40(46)45-31-35(26-30-47(45)53)48-32-49(56-52(55-48)34-16-6-5-7-17-34)41-29-28-39(37-19-10-11-20-38(37)41)42-22-14-23-43-44-27-25-33-15-8-9-18-36(33)50(44)54(3,4)51(42)43/h5-32H,1-4H3. The van der Waals surface area contributed by atoms with Gasteiger partial charge >= 0.3 is 0 Å². The Morgan fingerprint density at radius 2 is 0.929 bits per heavy atom. The van der Waals surface area contributed by atoms with E-state index in [0.29, 0.717) is 0 Å². The minimum atomic E-state index is -0.181. The molecule has 0 atom stereocenters. The molecule has 0 unspecified atom stereocenters. The summed E-state index contributed by atoms with van der Waals surface area (Å²) >= 11 is 0. The van der Waals surface area contributed by atoms with Crippen LogP contribution in [0.4, 0.5) is 0 Å². The first-order valence-electron chi connectivity index (χ1n) is 19.7. The van der Waals surface area contributed by atoms with E-state index in [1.807, 2.05) is 6.07 Å². The Morgan fingerprint density at radius 1 is 0.339 bits per heavy atom. The van der Waals surface area contributed by atoms with Crippen molar-refractivity contribution in [2.75, 3.05) is 0 Å². The highest BCUT2D eigenvalue weighted by atomic mass is 14.9. The third-order valence-corrected chi connectivity index (χ3v) is 12.7. The number of hydrogen-bond donors (Lipinski definition) is 0. The largest absolute Gasteiger partial charge is 0.228 e. The Kier molecular flexibility index (Phi) is 6.98. The van der Waals surface area contributed by atoms with E-state index in [9.17, 15) is 0 Å². The van der Waals surface area contributed by atoms with E-state index in [1.165, 1.54) is 77.2 Å². The monoisotopic (exact) mass is 716 g/mol. The molecule has 2 nitrogen and oxygen atoms in total. The summed E-state index contributed by atoms with van der Waals surface area (Å²) in [7, 11) is 0. The number of aromatic nitrogens is 2. The Labute approximate surface area is 328 Å². The predicted octanol–water partition coefficient (Wildman–Crippen LogP) is 14.1. The molecule has 0 saturated carbocycles. The molecule has 0 radical (unpaired) electrons. The van der Waals surface area contributed by atoms with Crippen LogP contribution in [0.2, 0.25) is 0 Å². The van der Waals surface area contributed by atoms with E-state index in [0.717, 1.165) is 33.9 Å². The normalized spacial score (nSPS) is 14.4. The molecule has 56 heavy (non-hydrogen) atoms. The fourth-order valence-electron chi connectivity index (χ4n) is 10.1. The summed E-state index contributed by atoms with van der Waals surface area (Å²) < 4.78 is 0. The van der Waals surface area contributed by atoms with Crippen LogP contribution in [0.15, 0.2) is 170 Å². The van der Waals surface area contributed by atoms with Crippen LogP contribution in [-0.4, -0.2) is 9.97 Å². The van der Waals surface area contributed by atoms with Crippen LogP contribution in [-0.2, 0) is 10.8 Å². The van der Waals surface area contributed by atoms with Gasteiger partial charge in [0.05, 0.1) is 11.4 Å². The number of rotatable bonds is 4. The molecule has 8 aromatic carbocycles. The van der Waals surface area contributed by atoms with E-state index >= 15 is 0 Å². The van der Waals surface area contributed by atoms with E-state index in [2.05, 4.69) is 191 Å². The average Bonchev–Trinajstić information content (AvgIpc) is 3.63. The van der Waals surface area contributed by atoms with Gasteiger partial charge in [-0.25, -0.2) is 9.97 Å². The molecule has 2 aliphatic rings. The number of benzene rings is 8. The molecule has 0 saturated heterocycles. The van der Waals surface area contributed by atoms with Gasteiger partial charge in [0.15, 0.2) is 5.82 Å². The van der Waals surface area contributed by atoms with Crippen molar-refractivity contribution < 1.29 is 0 Å². The molecule has 2 heteroatoms. The molecule has 11 rings (SSSR count). The summed E-state index contributed by atoms with van der Waals surface area (Å²) in [5.41, 5.74) is 18.1. The molecule has 9 aromatic rings. The van der Waals surface area contributed by atoms with Crippen LogP contribution in [0.1, 0.15) is 49.9 Å². The van der Waals surface area contributed by atoms with Gasteiger partial charge in [0, 0.05) is 27.5 Å². The maximum Gasteiger partial charge on any atom is 0.160 e. The van der Waals surface area contributed by atoms with Crippen molar-refractivity contribution in [3.63, 3.8) is 0 Å². The van der Waals surface area contributed by atoms with E-state index < -0.39 is 0 Å². The van der Waals surface area contributed by atoms with Crippen molar-refractivity contribution in [1.82, 2.24) is 9.97 Å². The van der Waals surface area contributed by atoms with Gasteiger partial charge in [-0.3, -0.25) is 0 Å². The molecule has 2 aliphatic carbocycles. The third-order valence-electron chi connectivity index (χ3n) is 12.7. The molecule has 0 aliphatic heterocycles. The Hall–Kier alpha value is -6.64. The maximum atomic E-state index is 5.31. The van der Waals surface area contributed by atoms with Gasteiger partial charge in [-0.1, -0.05) is 185 Å². The van der Waals surface area contributed by atoms with Crippen LogP contribution in [0.25, 0.3) is 88.8 Å². The third kappa shape index (κ3) is 4.69. The fourth-order valence-corrected chi connectivity index (χ4v) is 10.1. The smallest absolute Gasteiger partial charge is 0.160 e.